The molecule has 0 aliphatic carbocycles. The number of hydrogen-bond acceptors (Lipinski definition) is 4. The second kappa shape index (κ2) is 7.13. The van der Waals surface area contributed by atoms with E-state index in [0.717, 1.165) is 5.69 Å². The molecular weight excluding hydrogens is 284 g/mol. The minimum Gasteiger partial charge on any atom is -0.302 e. The largest absolute Gasteiger partial charge is 0.302 e. The highest BCUT2D eigenvalue weighted by molar-refractivity contribution is 7.13. The number of aromatic nitrogens is 1. The van der Waals surface area contributed by atoms with Crippen molar-refractivity contribution in [2.45, 2.75) is 32.6 Å². The van der Waals surface area contributed by atoms with Crippen LogP contribution >= 0.6 is 11.3 Å². The van der Waals surface area contributed by atoms with Crippen LogP contribution in [0.2, 0.25) is 0 Å². The standard InChI is InChI=1S/C16H18N2O2S/c1-11(2)13-10-21-16(17-13)18-15(20)9-8-14(19)12-6-4-3-5-7-12/h3-7,10-11H,8-9H2,1-2H3,(H,17,18,20). The number of nitrogens with one attached hydrogen (secondary N) is 1. The Morgan fingerprint density at radius 2 is 1.90 bits per heavy atom. The lowest BCUT2D eigenvalue weighted by Gasteiger charge is -2.02. The van der Waals surface area contributed by atoms with E-state index in [1.807, 2.05) is 23.6 Å². The Morgan fingerprint density at radius 1 is 1.19 bits per heavy atom. The van der Waals surface area contributed by atoms with E-state index in [2.05, 4.69) is 24.1 Å². The summed E-state index contributed by atoms with van der Waals surface area (Å²) in [5, 5.41) is 5.27. The third-order valence-corrected chi connectivity index (χ3v) is 3.81. The van der Waals surface area contributed by atoms with Crippen molar-refractivity contribution in [3.63, 3.8) is 0 Å². The number of carbonyl (C=O) groups excluding carboxylic acids is 2. The highest BCUT2D eigenvalue weighted by Crippen LogP contribution is 2.21. The average molecular weight is 302 g/mol. The first-order valence-electron chi connectivity index (χ1n) is 6.90. The molecule has 0 unspecified atom stereocenters. The Bertz CT molecular complexity index is 620. The highest BCUT2D eigenvalue weighted by atomic mass is 32.1. The van der Waals surface area contributed by atoms with Crippen molar-refractivity contribution in [3.05, 3.63) is 47.0 Å². The summed E-state index contributed by atoms with van der Waals surface area (Å²) in [5.74, 6) is 0.142. The van der Waals surface area contributed by atoms with Gasteiger partial charge in [-0.25, -0.2) is 4.98 Å². The Balaban J connectivity index is 1.83. The summed E-state index contributed by atoms with van der Waals surface area (Å²) >= 11 is 1.41. The van der Waals surface area contributed by atoms with Gasteiger partial charge in [-0.1, -0.05) is 44.2 Å². The molecule has 110 valence electrons. The number of carbonyl (C=O) groups is 2. The molecule has 1 aromatic carbocycles. The van der Waals surface area contributed by atoms with Crippen LogP contribution in [0.25, 0.3) is 0 Å². The molecule has 1 aromatic heterocycles. The maximum atomic E-state index is 11.9. The summed E-state index contributed by atoms with van der Waals surface area (Å²) in [6.45, 7) is 4.11. The number of benzene rings is 1. The predicted molar refractivity (Wildman–Crippen MR) is 84.8 cm³/mol. The zero-order valence-corrected chi connectivity index (χ0v) is 12.9. The molecule has 0 aliphatic heterocycles. The maximum Gasteiger partial charge on any atom is 0.226 e. The van der Waals surface area contributed by atoms with E-state index < -0.39 is 0 Å². The van der Waals surface area contributed by atoms with Crippen LogP contribution in [-0.2, 0) is 4.79 Å². The summed E-state index contributed by atoms with van der Waals surface area (Å²) < 4.78 is 0. The molecule has 0 saturated heterocycles. The zero-order valence-electron chi connectivity index (χ0n) is 12.1. The first kappa shape index (κ1) is 15.4. The summed E-state index contributed by atoms with van der Waals surface area (Å²) in [6.07, 6.45) is 0.378. The van der Waals surface area contributed by atoms with Gasteiger partial charge in [0.1, 0.15) is 0 Å². The normalized spacial score (nSPS) is 10.6. The molecule has 1 heterocycles. The Hall–Kier alpha value is -2.01. The monoisotopic (exact) mass is 302 g/mol. The molecule has 5 heteroatoms. The zero-order chi connectivity index (χ0) is 15.2. The van der Waals surface area contributed by atoms with Crippen molar-refractivity contribution in [1.82, 2.24) is 4.98 Å². The molecule has 0 atom stereocenters. The Morgan fingerprint density at radius 3 is 2.52 bits per heavy atom. The summed E-state index contributed by atoms with van der Waals surface area (Å²) in [4.78, 5) is 28.1. The third kappa shape index (κ3) is 4.49. The van der Waals surface area contributed by atoms with Crippen molar-refractivity contribution >= 4 is 28.2 Å². The number of hydrogen-bond donors (Lipinski definition) is 1. The third-order valence-electron chi connectivity index (χ3n) is 3.03. The number of thiazole rings is 1. The van der Waals surface area contributed by atoms with Crippen molar-refractivity contribution in [2.24, 2.45) is 0 Å². The van der Waals surface area contributed by atoms with Gasteiger partial charge in [-0.2, -0.15) is 0 Å². The SMILES string of the molecule is CC(C)c1csc(NC(=O)CCC(=O)c2ccccc2)n1. The van der Waals surface area contributed by atoms with Crippen LogP contribution in [0.5, 0.6) is 0 Å². The maximum absolute atomic E-state index is 11.9. The fraction of sp³-hybridized carbons (Fsp3) is 0.312. The van der Waals surface area contributed by atoms with E-state index in [1.54, 1.807) is 12.1 Å². The molecule has 0 fully saturated rings. The number of ketones is 1. The number of amides is 1. The quantitative estimate of drug-likeness (QED) is 0.824. The number of anilines is 1. The van der Waals surface area contributed by atoms with Gasteiger partial charge in [0.15, 0.2) is 10.9 Å². The first-order valence-corrected chi connectivity index (χ1v) is 7.77. The second-order valence-electron chi connectivity index (χ2n) is 5.07. The Kier molecular flexibility index (Phi) is 5.22. The number of Topliss-reactive ketones (excluding diaryl/α,β-unsaturated/α-hetero) is 1. The lowest BCUT2D eigenvalue weighted by atomic mass is 10.1. The first-order chi connectivity index (χ1) is 10.1. The van der Waals surface area contributed by atoms with Crippen LogP contribution in [0.1, 0.15) is 48.7 Å². The summed E-state index contributed by atoms with van der Waals surface area (Å²) in [5.41, 5.74) is 1.61. The lowest BCUT2D eigenvalue weighted by Crippen LogP contribution is -2.13. The van der Waals surface area contributed by atoms with Gasteiger partial charge < -0.3 is 5.32 Å². The molecule has 0 bridgehead atoms. The van der Waals surface area contributed by atoms with Crippen molar-refractivity contribution < 1.29 is 9.59 Å². The molecular formula is C16H18N2O2S. The smallest absolute Gasteiger partial charge is 0.226 e. The van der Waals surface area contributed by atoms with Crippen molar-refractivity contribution in [1.29, 1.82) is 0 Å². The van der Waals surface area contributed by atoms with Crippen molar-refractivity contribution in [2.75, 3.05) is 5.32 Å². The molecule has 1 N–H and O–H groups in total. The Labute approximate surface area is 128 Å². The minimum absolute atomic E-state index is 0.0206. The van der Waals surface area contributed by atoms with Gasteiger partial charge in [-0.05, 0) is 5.92 Å². The van der Waals surface area contributed by atoms with E-state index in [-0.39, 0.29) is 24.5 Å². The predicted octanol–water partition coefficient (Wildman–Crippen LogP) is 3.87. The molecule has 2 aromatic rings. The van der Waals surface area contributed by atoms with Crippen LogP contribution < -0.4 is 5.32 Å². The summed E-state index contributed by atoms with van der Waals surface area (Å²) in [6, 6.07) is 9.01. The minimum atomic E-state index is -0.177. The van der Waals surface area contributed by atoms with Crippen molar-refractivity contribution in [3.8, 4) is 0 Å². The van der Waals surface area contributed by atoms with Gasteiger partial charge in [-0.15, -0.1) is 11.3 Å². The van der Waals surface area contributed by atoms with E-state index in [1.165, 1.54) is 11.3 Å². The van der Waals surface area contributed by atoms with Gasteiger partial charge in [0.05, 0.1) is 5.69 Å². The fourth-order valence-electron chi connectivity index (χ4n) is 1.79. The lowest BCUT2D eigenvalue weighted by molar-refractivity contribution is -0.116. The van der Waals surface area contributed by atoms with Crippen LogP contribution in [0, 0.1) is 0 Å². The number of nitrogens with zero attached hydrogens (tertiary/aromatic N) is 1. The van der Waals surface area contributed by atoms with Gasteiger partial charge in [0.25, 0.3) is 0 Å². The summed E-state index contributed by atoms with van der Waals surface area (Å²) in [7, 11) is 0. The molecule has 4 nitrogen and oxygen atoms in total. The average Bonchev–Trinajstić information content (AvgIpc) is 2.94. The van der Waals surface area contributed by atoms with Crippen LogP contribution in [0.15, 0.2) is 35.7 Å². The van der Waals surface area contributed by atoms with E-state index in [0.29, 0.717) is 16.6 Å². The topological polar surface area (TPSA) is 59.1 Å². The van der Waals surface area contributed by atoms with Crippen LogP contribution in [0.3, 0.4) is 0 Å². The molecule has 21 heavy (non-hydrogen) atoms. The van der Waals surface area contributed by atoms with E-state index >= 15 is 0 Å². The number of rotatable bonds is 6. The molecule has 0 saturated carbocycles. The molecule has 0 radical (unpaired) electrons. The molecule has 0 aliphatic rings. The van der Waals surface area contributed by atoms with Gasteiger partial charge in [0, 0.05) is 23.8 Å². The highest BCUT2D eigenvalue weighted by Gasteiger charge is 2.11. The molecule has 1 amide bonds. The van der Waals surface area contributed by atoms with Crippen LogP contribution in [-0.4, -0.2) is 16.7 Å². The fourth-order valence-corrected chi connectivity index (χ4v) is 2.67. The van der Waals surface area contributed by atoms with Gasteiger partial charge >= 0.3 is 0 Å². The molecule has 0 spiro atoms. The van der Waals surface area contributed by atoms with Gasteiger partial charge in [0.2, 0.25) is 5.91 Å². The van der Waals surface area contributed by atoms with Gasteiger partial charge in [-0.3, -0.25) is 9.59 Å². The second-order valence-corrected chi connectivity index (χ2v) is 5.93. The molecule has 2 rings (SSSR count). The van der Waals surface area contributed by atoms with E-state index in [4.69, 9.17) is 0 Å². The van der Waals surface area contributed by atoms with E-state index in [9.17, 15) is 9.59 Å². The van der Waals surface area contributed by atoms with Crippen LogP contribution in [0.4, 0.5) is 5.13 Å².